The molecule has 104 valence electrons. The van der Waals surface area contributed by atoms with E-state index < -0.39 is 0 Å². The average Bonchev–Trinajstić information content (AvgIpc) is 2.46. The number of rotatable bonds is 8. The van der Waals surface area contributed by atoms with E-state index in [1.807, 2.05) is 0 Å². The van der Waals surface area contributed by atoms with Gasteiger partial charge in [0.15, 0.2) is 0 Å². The van der Waals surface area contributed by atoms with Gasteiger partial charge in [0.1, 0.15) is 0 Å². The summed E-state index contributed by atoms with van der Waals surface area (Å²) >= 11 is 0. The largest absolute Gasteiger partial charge is 0.307 e. The summed E-state index contributed by atoms with van der Waals surface area (Å²) in [4.78, 5) is 2.38. The molecule has 0 saturated heterocycles. The predicted molar refractivity (Wildman–Crippen MR) is 84.4 cm³/mol. The molecule has 0 N–H and O–H groups in total. The summed E-state index contributed by atoms with van der Waals surface area (Å²) < 4.78 is 0. The summed E-state index contributed by atoms with van der Waals surface area (Å²) in [5.41, 5.74) is 2.42. The van der Waals surface area contributed by atoms with Gasteiger partial charge in [0, 0.05) is 5.56 Å². The molecule has 0 amide bonds. The van der Waals surface area contributed by atoms with E-state index in [1.165, 1.54) is 37.8 Å². The van der Waals surface area contributed by atoms with Crippen molar-refractivity contribution in [2.75, 3.05) is 20.1 Å². The van der Waals surface area contributed by atoms with Crippen LogP contribution in [-0.4, -0.2) is 25.0 Å². The molecule has 0 aliphatic rings. The van der Waals surface area contributed by atoms with Gasteiger partial charge in [-0.05, 0) is 63.0 Å². The Labute approximate surface area is 119 Å². The van der Waals surface area contributed by atoms with Crippen LogP contribution in [0.2, 0.25) is 0 Å². The summed E-state index contributed by atoms with van der Waals surface area (Å²) in [6, 6.07) is 8.55. The maximum Gasteiger partial charge on any atom is 0.0242 e. The Morgan fingerprint density at radius 2 is 1.84 bits per heavy atom. The lowest BCUT2D eigenvalue weighted by Crippen LogP contribution is -2.19. The van der Waals surface area contributed by atoms with Gasteiger partial charge in [0.05, 0.1) is 0 Å². The molecule has 0 aromatic heterocycles. The number of hydrogen-bond acceptors (Lipinski definition) is 1. The molecule has 1 aromatic rings. The molecular formula is C18H27N. The Morgan fingerprint density at radius 3 is 2.37 bits per heavy atom. The van der Waals surface area contributed by atoms with E-state index in [1.54, 1.807) is 0 Å². The molecular weight excluding hydrogens is 230 g/mol. The van der Waals surface area contributed by atoms with Gasteiger partial charge < -0.3 is 4.90 Å². The number of nitrogens with zero attached hydrogens (tertiary/aromatic N) is 1. The molecule has 0 aliphatic heterocycles. The summed E-state index contributed by atoms with van der Waals surface area (Å²) in [5, 5.41) is 0. The average molecular weight is 257 g/mol. The normalized spacial score (nSPS) is 12.4. The third-order valence-corrected chi connectivity index (χ3v) is 3.82. The van der Waals surface area contributed by atoms with Crippen molar-refractivity contribution in [1.82, 2.24) is 4.90 Å². The topological polar surface area (TPSA) is 3.24 Å². The van der Waals surface area contributed by atoms with Crippen molar-refractivity contribution in [2.24, 2.45) is 0 Å². The van der Waals surface area contributed by atoms with Crippen molar-refractivity contribution in [2.45, 2.75) is 45.4 Å². The monoisotopic (exact) mass is 257 g/mol. The molecule has 1 aromatic carbocycles. The first kappa shape index (κ1) is 15.8. The van der Waals surface area contributed by atoms with E-state index in [9.17, 15) is 0 Å². The molecule has 0 spiro atoms. The minimum atomic E-state index is 0.682. The quantitative estimate of drug-likeness (QED) is 0.628. The lowest BCUT2D eigenvalue weighted by molar-refractivity contribution is 0.335. The molecule has 0 bridgehead atoms. The fourth-order valence-electron chi connectivity index (χ4n) is 2.44. The van der Waals surface area contributed by atoms with Gasteiger partial charge in [-0.1, -0.05) is 38.3 Å². The van der Waals surface area contributed by atoms with E-state index in [-0.39, 0.29) is 0 Å². The molecule has 0 heterocycles. The molecule has 1 unspecified atom stereocenters. The van der Waals surface area contributed by atoms with Crippen molar-refractivity contribution in [1.29, 1.82) is 0 Å². The Balaban J connectivity index is 2.58. The van der Waals surface area contributed by atoms with Crippen molar-refractivity contribution < 1.29 is 0 Å². The highest BCUT2D eigenvalue weighted by atomic mass is 15.1. The van der Waals surface area contributed by atoms with Crippen LogP contribution in [0.1, 0.15) is 56.6 Å². The third kappa shape index (κ3) is 5.49. The first-order chi connectivity index (χ1) is 9.21. The van der Waals surface area contributed by atoms with Gasteiger partial charge in [-0.15, -0.1) is 6.42 Å². The molecule has 0 saturated carbocycles. The van der Waals surface area contributed by atoms with Gasteiger partial charge in [-0.25, -0.2) is 0 Å². The standard InChI is InChI=1S/C18H27N/c1-5-9-17(10-8-15-19(4)7-3)18-13-11-16(6-2)12-14-18/h2,11-14,17H,5,7-10,15H2,1,3-4H3. The molecule has 1 rings (SSSR count). The molecule has 19 heavy (non-hydrogen) atoms. The Kier molecular flexibility index (Phi) is 7.30. The molecule has 0 radical (unpaired) electrons. The predicted octanol–water partition coefficient (Wildman–Crippen LogP) is 4.28. The second kappa shape index (κ2) is 8.77. The minimum Gasteiger partial charge on any atom is -0.307 e. The fraction of sp³-hybridized carbons (Fsp3) is 0.556. The third-order valence-electron chi connectivity index (χ3n) is 3.82. The number of hydrogen-bond donors (Lipinski definition) is 0. The maximum absolute atomic E-state index is 5.41. The van der Waals surface area contributed by atoms with E-state index in [4.69, 9.17) is 6.42 Å². The van der Waals surface area contributed by atoms with Gasteiger partial charge in [-0.3, -0.25) is 0 Å². The lowest BCUT2D eigenvalue weighted by atomic mass is 9.89. The zero-order valence-electron chi connectivity index (χ0n) is 12.7. The zero-order valence-corrected chi connectivity index (χ0v) is 12.7. The maximum atomic E-state index is 5.41. The summed E-state index contributed by atoms with van der Waals surface area (Å²) in [7, 11) is 2.19. The van der Waals surface area contributed by atoms with Crippen molar-refractivity contribution in [3.05, 3.63) is 35.4 Å². The van der Waals surface area contributed by atoms with Crippen molar-refractivity contribution in [3.63, 3.8) is 0 Å². The summed E-state index contributed by atoms with van der Waals surface area (Å²) in [6.45, 7) is 6.80. The van der Waals surface area contributed by atoms with Crippen LogP contribution in [0.3, 0.4) is 0 Å². The van der Waals surface area contributed by atoms with Crippen molar-refractivity contribution in [3.8, 4) is 12.3 Å². The van der Waals surface area contributed by atoms with Gasteiger partial charge in [0.25, 0.3) is 0 Å². The fourth-order valence-corrected chi connectivity index (χ4v) is 2.44. The molecule has 0 aliphatic carbocycles. The van der Waals surface area contributed by atoms with Crippen LogP contribution in [0.15, 0.2) is 24.3 Å². The summed E-state index contributed by atoms with van der Waals surface area (Å²) in [5.74, 6) is 3.37. The molecule has 1 atom stereocenters. The van der Waals surface area contributed by atoms with Crippen molar-refractivity contribution >= 4 is 0 Å². The van der Waals surface area contributed by atoms with Gasteiger partial charge >= 0.3 is 0 Å². The molecule has 1 nitrogen and oxygen atoms in total. The zero-order chi connectivity index (χ0) is 14.1. The number of benzene rings is 1. The van der Waals surface area contributed by atoms with Crippen LogP contribution >= 0.6 is 0 Å². The Bertz CT molecular complexity index is 385. The second-order valence-corrected chi connectivity index (χ2v) is 5.29. The highest BCUT2D eigenvalue weighted by Gasteiger charge is 2.10. The highest BCUT2D eigenvalue weighted by Crippen LogP contribution is 2.26. The first-order valence-corrected chi connectivity index (χ1v) is 7.46. The van der Waals surface area contributed by atoms with Crippen LogP contribution in [0.25, 0.3) is 0 Å². The SMILES string of the molecule is C#Cc1ccc(C(CCC)CCCN(C)CC)cc1. The second-order valence-electron chi connectivity index (χ2n) is 5.29. The van der Waals surface area contributed by atoms with Gasteiger partial charge in [0.2, 0.25) is 0 Å². The minimum absolute atomic E-state index is 0.682. The van der Waals surface area contributed by atoms with Crippen LogP contribution < -0.4 is 0 Å². The van der Waals surface area contributed by atoms with Crippen LogP contribution in [0, 0.1) is 12.3 Å². The lowest BCUT2D eigenvalue weighted by Gasteiger charge is -2.19. The van der Waals surface area contributed by atoms with E-state index >= 15 is 0 Å². The van der Waals surface area contributed by atoms with E-state index in [0.717, 1.165) is 12.1 Å². The Morgan fingerprint density at radius 1 is 1.16 bits per heavy atom. The smallest absolute Gasteiger partial charge is 0.0242 e. The first-order valence-electron chi connectivity index (χ1n) is 7.46. The van der Waals surface area contributed by atoms with Crippen LogP contribution in [0.5, 0.6) is 0 Å². The van der Waals surface area contributed by atoms with Crippen LogP contribution in [0.4, 0.5) is 0 Å². The summed E-state index contributed by atoms with van der Waals surface area (Å²) in [6.07, 6.45) is 10.5. The number of terminal acetylenes is 1. The molecule has 0 fully saturated rings. The van der Waals surface area contributed by atoms with E-state index in [2.05, 4.69) is 56.0 Å². The highest BCUT2D eigenvalue weighted by molar-refractivity contribution is 5.35. The Hall–Kier alpha value is -1.26. The van der Waals surface area contributed by atoms with Gasteiger partial charge in [-0.2, -0.15) is 0 Å². The van der Waals surface area contributed by atoms with E-state index in [0.29, 0.717) is 5.92 Å². The molecule has 1 heteroatoms. The van der Waals surface area contributed by atoms with Crippen LogP contribution in [-0.2, 0) is 0 Å².